The predicted molar refractivity (Wildman–Crippen MR) is 98.8 cm³/mol. The fraction of sp³-hybridized carbons (Fsp3) is 0.579. The van der Waals surface area contributed by atoms with Crippen LogP contribution in [-0.2, 0) is 0 Å². The van der Waals surface area contributed by atoms with E-state index >= 15 is 0 Å². The fourth-order valence-electron chi connectivity index (χ4n) is 4.21. The Morgan fingerprint density at radius 1 is 0.880 bits per heavy atom. The van der Waals surface area contributed by atoms with E-state index in [0.29, 0.717) is 0 Å². The topological polar surface area (TPSA) is 58.0 Å². The lowest BCUT2D eigenvalue weighted by Gasteiger charge is -2.34. The Morgan fingerprint density at radius 3 is 2.32 bits per heavy atom. The van der Waals surface area contributed by atoms with Crippen molar-refractivity contribution >= 4 is 11.8 Å². The zero-order valence-corrected chi connectivity index (χ0v) is 15.1. The normalized spacial score (nSPS) is 21.8. The number of rotatable bonds is 3. The Kier molecular flexibility index (Phi) is 4.51. The first kappa shape index (κ1) is 16.2. The SMILES string of the molecule is Cc1cnc(C)c(N2CCC(C3CCN(c4ncccn4)CC3)C2)n1. The summed E-state index contributed by atoms with van der Waals surface area (Å²) < 4.78 is 0. The molecule has 0 N–H and O–H groups in total. The summed E-state index contributed by atoms with van der Waals surface area (Å²) in [5.74, 6) is 3.51. The third-order valence-electron chi connectivity index (χ3n) is 5.62. The molecule has 1 unspecified atom stereocenters. The Hall–Kier alpha value is -2.24. The maximum Gasteiger partial charge on any atom is 0.225 e. The van der Waals surface area contributed by atoms with Crippen molar-refractivity contribution in [1.29, 1.82) is 0 Å². The highest BCUT2D eigenvalue weighted by atomic mass is 15.3. The summed E-state index contributed by atoms with van der Waals surface area (Å²) >= 11 is 0. The third kappa shape index (κ3) is 3.43. The highest BCUT2D eigenvalue weighted by Gasteiger charge is 2.33. The average Bonchev–Trinajstić information content (AvgIpc) is 3.14. The van der Waals surface area contributed by atoms with Crippen LogP contribution in [0.15, 0.2) is 24.7 Å². The van der Waals surface area contributed by atoms with E-state index in [1.54, 1.807) is 0 Å². The number of piperidine rings is 1. The lowest BCUT2D eigenvalue weighted by atomic mass is 9.84. The van der Waals surface area contributed by atoms with Crippen molar-refractivity contribution in [3.63, 3.8) is 0 Å². The second-order valence-electron chi connectivity index (χ2n) is 7.29. The van der Waals surface area contributed by atoms with Crippen LogP contribution in [0.2, 0.25) is 0 Å². The maximum absolute atomic E-state index is 4.72. The number of hydrogen-bond donors (Lipinski definition) is 0. The molecule has 2 aromatic rings. The van der Waals surface area contributed by atoms with Crippen molar-refractivity contribution in [3.05, 3.63) is 36.0 Å². The van der Waals surface area contributed by atoms with E-state index in [0.717, 1.165) is 61.2 Å². The fourth-order valence-corrected chi connectivity index (χ4v) is 4.21. The molecule has 0 amide bonds. The van der Waals surface area contributed by atoms with Crippen LogP contribution in [0, 0.1) is 25.7 Å². The molecule has 0 aromatic carbocycles. The van der Waals surface area contributed by atoms with Crippen LogP contribution in [0.1, 0.15) is 30.7 Å². The Bertz CT molecular complexity index is 711. The molecule has 1 atom stereocenters. The van der Waals surface area contributed by atoms with Crippen LogP contribution in [0.25, 0.3) is 0 Å². The van der Waals surface area contributed by atoms with Crippen LogP contribution in [0.4, 0.5) is 11.8 Å². The van der Waals surface area contributed by atoms with E-state index in [1.807, 2.05) is 31.6 Å². The molecule has 0 spiro atoms. The zero-order chi connectivity index (χ0) is 17.2. The van der Waals surface area contributed by atoms with Gasteiger partial charge in [0, 0.05) is 44.8 Å². The molecule has 0 aliphatic carbocycles. The molecule has 2 saturated heterocycles. The van der Waals surface area contributed by atoms with Crippen LogP contribution in [0.3, 0.4) is 0 Å². The minimum Gasteiger partial charge on any atom is -0.355 e. The average molecular weight is 338 g/mol. The van der Waals surface area contributed by atoms with Gasteiger partial charge in [-0.25, -0.2) is 15.0 Å². The molecule has 2 aromatic heterocycles. The number of anilines is 2. The monoisotopic (exact) mass is 338 g/mol. The van der Waals surface area contributed by atoms with Gasteiger partial charge in [-0.3, -0.25) is 4.98 Å². The molecule has 2 aliphatic heterocycles. The van der Waals surface area contributed by atoms with Gasteiger partial charge in [0.1, 0.15) is 5.82 Å². The van der Waals surface area contributed by atoms with Gasteiger partial charge in [0.05, 0.1) is 11.4 Å². The van der Waals surface area contributed by atoms with E-state index in [1.165, 1.54) is 19.3 Å². The molecule has 4 rings (SSSR count). The quantitative estimate of drug-likeness (QED) is 0.857. The van der Waals surface area contributed by atoms with E-state index in [-0.39, 0.29) is 0 Å². The van der Waals surface area contributed by atoms with Gasteiger partial charge in [0.2, 0.25) is 5.95 Å². The maximum atomic E-state index is 4.72. The summed E-state index contributed by atoms with van der Waals surface area (Å²) in [4.78, 5) is 22.7. The van der Waals surface area contributed by atoms with E-state index < -0.39 is 0 Å². The van der Waals surface area contributed by atoms with Crippen molar-refractivity contribution in [2.45, 2.75) is 33.1 Å². The van der Waals surface area contributed by atoms with Crippen LogP contribution < -0.4 is 9.80 Å². The highest BCUT2D eigenvalue weighted by Crippen LogP contribution is 2.34. The molecule has 2 aliphatic rings. The number of aryl methyl sites for hydroxylation is 2. The van der Waals surface area contributed by atoms with Gasteiger partial charge in [-0.05, 0) is 51.0 Å². The van der Waals surface area contributed by atoms with Crippen molar-refractivity contribution in [1.82, 2.24) is 19.9 Å². The molecule has 25 heavy (non-hydrogen) atoms. The van der Waals surface area contributed by atoms with Gasteiger partial charge >= 0.3 is 0 Å². The molecule has 0 bridgehead atoms. The summed E-state index contributed by atoms with van der Waals surface area (Å²) in [6, 6.07) is 1.87. The van der Waals surface area contributed by atoms with Crippen LogP contribution in [0.5, 0.6) is 0 Å². The molecule has 6 nitrogen and oxygen atoms in total. The first-order valence-electron chi connectivity index (χ1n) is 9.28. The molecule has 0 saturated carbocycles. The number of aromatic nitrogens is 4. The smallest absolute Gasteiger partial charge is 0.225 e. The second kappa shape index (κ2) is 6.94. The van der Waals surface area contributed by atoms with E-state index in [4.69, 9.17) is 4.98 Å². The first-order chi connectivity index (χ1) is 12.2. The van der Waals surface area contributed by atoms with Gasteiger partial charge in [-0.1, -0.05) is 0 Å². The highest BCUT2D eigenvalue weighted by molar-refractivity contribution is 5.44. The van der Waals surface area contributed by atoms with Gasteiger partial charge in [0.15, 0.2) is 0 Å². The summed E-state index contributed by atoms with van der Waals surface area (Å²) in [5.41, 5.74) is 2.04. The molecule has 2 fully saturated rings. The Labute approximate surface area is 149 Å². The minimum absolute atomic E-state index is 0.764. The van der Waals surface area contributed by atoms with Crippen LogP contribution in [-0.4, -0.2) is 46.1 Å². The van der Waals surface area contributed by atoms with Crippen molar-refractivity contribution in [2.24, 2.45) is 11.8 Å². The Morgan fingerprint density at radius 2 is 1.56 bits per heavy atom. The largest absolute Gasteiger partial charge is 0.355 e. The lowest BCUT2D eigenvalue weighted by molar-refractivity contribution is 0.292. The zero-order valence-electron chi connectivity index (χ0n) is 15.1. The molecule has 6 heteroatoms. The van der Waals surface area contributed by atoms with E-state index in [2.05, 4.69) is 31.7 Å². The second-order valence-corrected chi connectivity index (χ2v) is 7.29. The summed E-state index contributed by atoms with van der Waals surface area (Å²) in [6.07, 6.45) is 9.24. The van der Waals surface area contributed by atoms with Gasteiger partial charge < -0.3 is 9.80 Å². The summed E-state index contributed by atoms with van der Waals surface area (Å²) in [7, 11) is 0. The van der Waals surface area contributed by atoms with Gasteiger partial charge in [0.25, 0.3) is 0 Å². The molecular weight excluding hydrogens is 312 g/mol. The lowest BCUT2D eigenvalue weighted by Crippen LogP contribution is -2.37. The van der Waals surface area contributed by atoms with Gasteiger partial charge in [-0.2, -0.15) is 0 Å². The van der Waals surface area contributed by atoms with Crippen molar-refractivity contribution < 1.29 is 0 Å². The predicted octanol–water partition coefficient (Wildman–Crippen LogP) is 2.63. The minimum atomic E-state index is 0.764. The third-order valence-corrected chi connectivity index (χ3v) is 5.62. The molecular formula is C19H26N6. The summed E-state index contributed by atoms with van der Waals surface area (Å²) in [5, 5.41) is 0. The molecule has 132 valence electrons. The van der Waals surface area contributed by atoms with Crippen molar-refractivity contribution in [3.8, 4) is 0 Å². The number of nitrogens with zero attached hydrogens (tertiary/aromatic N) is 6. The van der Waals surface area contributed by atoms with Crippen LogP contribution >= 0.6 is 0 Å². The standard InChI is InChI=1S/C19H26N6/c1-14-12-22-15(2)18(23-14)25-11-6-17(13-25)16-4-9-24(10-5-16)19-20-7-3-8-21-19/h3,7-8,12,16-17H,4-6,9-11,13H2,1-2H3. The Balaban J connectivity index is 1.36. The van der Waals surface area contributed by atoms with Gasteiger partial charge in [-0.15, -0.1) is 0 Å². The number of hydrogen-bond acceptors (Lipinski definition) is 6. The van der Waals surface area contributed by atoms with Crippen molar-refractivity contribution in [2.75, 3.05) is 36.0 Å². The molecule has 4 heterocycles. The first-order valence-corrected chi connectivity index (χ1v) is 9.28. The van der Waals surface area contributed by atoms with E-state index in [9.17, 15) is 0 Å². The molecule has 0 radical (unpaired) electrons. The summed E-state index contributed by atoms with van der Waals surface area (Å²) in [6.45, 7) is 8.43.